The molecule has 6 heteroatoms. The van der Waals surface area contributed by atoms with E-state index in [-0.39, 0.29) is 0 Å². The van der Waals surface area contributed by atoms with Gasteiger partial charge in [-0.15, -0.1) is 0 Å². The molecule has 1 N–H and O–H groups in total. The van der Waals surface area contributed by atoms with Crippen LogP contribution in [0.25, 0.3) is 0 Å². The molecule has 1 heterocycles. The minimum absolute atomic E-state index is 0.480. The molecule has 0 aliphatic carbocycles. The Hall–Kier alpha value is -1.79. The van der Waals surface area contributed by atoms with E-state index in [4.69, 9.17) is 4.42 Å². The molecule has 1 unspecified atom stereocenters. The summed E-state index contributed by atoms with van der Waals surface area (Å²) in [6.07, 6.45) is -2.92. The molecule has 2 rings (SSSR count). The van der Waals surface area contributed by atoms with E-state index in [1.54, 1.807) is 36.4 Å². The highest BCUT2D eigenvalue weighted by atomic mass is 19.4. The third-order valence-electron chi connectivity index (χ3n) is 2.40. The van der Waals surface area contributed by atoms with Crippen molar-refractivity contribution < 1.29 is 22.4 Å². The number of benzene rings is 1. The highest BCUT2D eigenvalue weighted by Gasteiger charge is 2.29. The fourth-order valence-electron chi connectivity index (χ4n) is 1.60. The molecular formula is C13H12F3NO2. The molecule has 19 heavy (non-hydrogen) atoms. The highest BCUT2D eigenvalue weighted by Crippen LogP contribution is 2.23. The molecule has 0 amide bonds. The third-order valence-corrected chi connectivity index (χ3v) is 2.40. The van der Waals surface area contributed by atoms with Crippen LogP contribution in [0, 0.1) is 0 Å². The van der Waals surface area contributed by atoms with Crippen LogP contribution in [0.5, 0.6) is 0 Å². The average molecular weight is 271 g/mol. The molecule has 2 aromatic rings. The van der Waals surface area contributed by atoms with Crippen molar-refractivity contribution in [3.63, 3.8) is 0 Å². The Morgan fingerprint density at radius 1 is 1.11 bits per heavy atom. The van der Waals surface area contributed by atoms with Crippen molar-refractivity contribution >= 4 is 0 Å². The number of furan rings is 1. The van der Waals surface area contributed by atoms with Crippen molar-refractivity contribution in [1.82, 2.24) is 5.48 Å². The lowest BCUT2D eigenvalue weighted by molar-refractivity contribution is -0.192. The van der Waals surface area contributed by atoms with Gasteiger partial charge in [-0.05, 0) is 17.7 Å². The van der Waals surface area contributed by atoms with Crippen molar-refractivity contribution in [2.45, 2.75) is 12.2 Å². The summed E-state index contributed by atoms with van der Waals surface area (Å²) in [6, 6.07) is 11.7. The predicted octanol–water partition coefficient (Wildman–Crippen LogP) is 3.45. The standard InChI is InChI=1S/C13H12F3NO2/c14-13(15,16)9-19-17-12(11-7-4-8-18-11)10-5-2-1-3-6-10/h1-8,12,17H,9H2. The van der Waals surface area contributed by atoms with E-state index >= 15 is 0 Å². The maximum atomic E-state index is 12.1. The minimum atomic E-state index is -4.38. The van der Waals surface area contributed by atoms with Gasteiger partial charge >= 0.3 is 6.18 Å². The summed E-state index contributed by atoms with van der Waals surface area (Å²) in [5.74, 6) is 0.480. The molecule has 0 saturated carbocycles. The van der Waals surface area contributed by atoms with Crippen LogP contribution in [-0.2, 0) is 4.84 Å². The Labute approximate surface area is 107 Å². The van der Waals surface area contributed by atoms with Crippen LogP contribution in [0.4, 0.5) is 13.2 Å². The Bertz CT molecular complexity index is 482. The number of alkyl halides is 3. The summed E-state index contributed by atoms with van der Waals surface area (Å²) in [4.78, 5) is 4.50. The zero-order chi connectivity index (χ0) is 13.7. The van der Waals surface area contributed by atoms with E-state index < -0.39 is 18.8 Å². The molecular weight excluding hydrogens is 259 g/mol. The molecule has 0 fully saturated rings. The molecule has 0 radical (unpaired) electrons. The number of halogens is 3. The first kappa shape index (κ1) is 13.6. The second kappa shape index (κ2) is 5.90. The van der Waals surface area contributed by atoms with E-state index in [9.17, 15) is 13.2 Å². The normalized spacial score (nSPS) is 13.4. The lowest BCUT2D eigenvalue weighted by atomic mass is 10.1. The first-order valence-corrected chi connectivity index (χ1v) is 5.59. The highest BCUT2D eigenvalue weighted by molar-refractivity contribution is 5.25. The molecule has 0 aliphatic heterocycles. The van der Waals surface area contributed by atoms with Gasteiger partial charge in [-0.1, -0.05) is 30.3 Å². The minimum Gasteiger partial charge on any atom is -0.467 e. The molecule has 1 aromatic carbocycles. The summed E-state index contributed by atoms with van der Waals surface area (Å²) in [5.41, 5.74) is 3.13. The molecule has 0 saturated heterocycles. The van der Waals surface area contributed by atoms with Crippen LogP contribution in [0.2, 0.25) is 0 Å². The van der Waals surface area contributed by atoms with Crippen molar-refractivity contribution in [3.05, 3.63) is 60.1 Å². The van der Waals surface area contributed by atoms with Gasteiger partial charge in [-0.25, -0.2) is 0 Å². The monoisotopic (exact) mass is 271 g/mol. The smallest absolute Gasteiger partial charge is 0.413 e. The summed E-state index contributed by atoms with van der Waals surface area (Å²) >= 11 is 0. The van der Waals surface area contributed by atoms with E-state index in [2.05, 4.69) is 10.3 Å². The van der Waals surface area contributed by atoms with Crippen LogP contribution in [-0.4, -0.2) is 12.8 Å². The second-order valence-electron chi connectivity index (χ2n) is 3.88. The average Bonchev–Trinajstić information content (AvgIpc) is 2.88. The van der Waals surface area contributed by atoms with Gasteiger partial charge in [0.2, 0.25) is 0 Å². The van der Waals surface area contributed by atoms with Gasteiger partial charge in [0, 0.05) is 0 Å². The zero-order valence-corrected chi connectivity index (χ0v) is 9.85. The SMILES string of the molecule is FC(F)(F)CONC(c1ccccc1)c1ccco1. The van der Waals surface area contributed by atoms with Gasteiger partial charge in [0.1, 0.15) is 11.8 Å². The molecule has 1 aromatic heterocycles. The second-order valence-corrected chi connectivity index (χ2v) is 3.88. The van der Waals surface area contributed by atoms with Gasteiger partial charge in [-0.3, -0.25) is 4.84 Å². The van der Waals surface area contributed by atoms with Gasteiger partial charge < -0.3 is 4.42 Å². The van der Waals surface area contributed by atoms with Gasteiger partial charge in [0.25, 0.3) is 0 Å². The molecule has 1 atom stereocenters. The molecule has 0 bridgehead atoms. The Kier molecular flexibility index (Phi) is 4.24. The number of rotatable bonds is 5. The van der Waals surface area contributed by atoms with Crippen LogP contribution in [0.15, 0.2) is 53.1 Å². The molecule has 3 nitrogen and oxygen atoms in total. The Morgan fingerprint density at radius 3 is 2.42 bits per heavy atom. The van der Waals surface area contributed by atoms with Gasteiger partial charge in [0.15, 0.2) is 6.61 Å². The number of hydrogen-bond acceptors (Lipinski definition) is 3. The zero-order valence-electron chi connectivity index (χ0n) is 9.85. The Morgan fingerprint density at radius 2 is 1.84 bits per heavy atom. The van der Waals surface area contributed by atoms with Crippen LogP contribution >= 0.6 is 0 Å². The topological polar surface area (TPSA) is 34.4 Å². The van der Waals surface area contributed by atoms with E-state index in [0.29, 0.717) is 5.76 Å². The largest absolute Gasteiger partial charge is 0.467 e. The van der Waals surface area contributed by atoms with E-state index in [0.717, 1.165) is 5.56 Å². The fraction of sp³-hybridized carbons (Fsp3) is 0.231. The number of nitrogens with one attached hydrogen (secondary N) is 1. The first-order chi connectivity index (χ1) is 9.06. The molecule has 0 spiro atoms. The van der Waals surface area contributed by atoms with E-state index in [1.165, 1.54) is 6.26 Å². The fourth-order valence-corrected chi connectivity index (χ4v) is 1.60. The van der Waals surface area contributed by atoms with Crippen LogP contribution in [0.1, 0.15) is 17.4 Å². The molecule has 0 aliphatic rings. The number of hydrogen-bond donors (Lipinski definition) is 1. The quantitative estimate of drug-likeness (QED) is 0.846. The van der Waals surface area contributed by atoms with Crippen molar-refractivity contribution in [3.8, 4) is 0 Å². The Balaban J connectivity index is 2.08. The summed E-state index contributed by atoms with van der Waals surface area (Å²) in [7, 11) is 0. The van der Waals surface area contributed by atoms with Gasteiger partial charge in [-0.2, -0.15) is 18.7 Å². The summed E-state index contributed by atoms with van der Waals surface area (Å²) in [5, 5.41) is 0. The summed E-state index contributed by atoms with van der Waals surface area (Å²) in [6.45, 7) is -1.36. The first-order valence-electron chi connectivity index (χ1n) is 5.59. The van der Waals surface area contributed by atoms with Crippen molar-refractivity contribution in [2.24, 2.45) is 0 Å². The molecule has 102 valence electrons. The van der Waals surface area contributed by atoms with Crippen molar-refractivity contribution in [1.29, 1.82) is 0 Å². The summed E-state index contributed by atoms with van der Waals surface area (Å²) < 4.78 is 41.4. The maximum absolute atomic E-state index is 12.1. The van der Waals surface area contributed by atoms with E-state index in [1.807, 2.05) is 6.07 Å². The number of hydroxylamine groups is 1. The van der Waals surface area contributed by atoms with Gasteiger partial charge in [0.05, 0.1) is 6.26 Å². The lowest BCUT2D eigenvalue weighted by Crippen LogP contribution is -2.28. The van der Waals surface area contributed by atoms with Crippen molar-refractivity contribution in [2.75, 3.05) is 6.61 Å². The lowest BCUT2D eigenvalue weighted by Gasteiger charge is -2.17. The predicted molar refractivity (Wildman–Crippen MR) is 62.1 cm³/mol. The van der Waals surface area contributed by atoms with Crippen LogP contribution < -0.4 is 5.48 Å². The van der Waals surface area contributed by atoms with Crippen LogP contribution in [0.3, 0.4) is 0 Å². The maximum Gasteiger partial charge on any atom is 0.413 e. The third kappa shape index (κ3) is 4.11.